The second-order valence-corrected chi connectivity index (χ2v) is 6.29. The van der Waals surface area contributed by atoms with Crippen LogP contribution in [0.4, 0.5) is 13.2 Å². The van der Waals surface area contributed by atoms with Crippen LogP contribution in [0.3, 0.4) is 0 Å². The van der Waals surface area contributed by atoms with E-state index in [2.05, 4.69) is 0 Å². The first kappa shape index (κ1) is 15.8. The summed E-state index contributed by atoms with van der Waals surface area (Å²) < 4.78 is 38.8. The Labute approximate surface area is 125 Å². The summed E-state index contributed by atoms with van der Waals surface area (Å²) in [6.45, 7) is 5.04. The topological polar surface area (TPSA) is 17.1 Å². The Bertz CT molecular complexity index is 668. The number of thiophene rings is 1. The van der Waals surface area contributed by atoms with Crippen molar-refractivity contribution in [1.82, 2.24) is 0 Å². The van der Waals surface area contributed by atoms with Crippen LogP contribution in [0.2, 0.25) is 0 Å². The quantitative estimate of drug-likeness (QED) is 0.676. The normalized spacial score (nSPS) is 12.0. The summed E-state index contributed by atoms with van der Waals surface area (Å²) in [7, 11) is 0. The van der Waals surface area contributed by atoms with Gasteiger partial charge in [-0.15, -0.1) is 11.3 Å². The number of aryl methyl sites for hydroxylation is 1. The minimum absolute atomic E-state index is 0.00871. The summed E-state index contributed by atoms with van der Waals surface area (Å²) in [5.41, 5.74) is 0.0483. The first-order valence-electron chi connectivity index (χ1n) is 6.52. The van der Waals surface area contributed by atoms with Crippen LogP contribution in [0.25, 0.3) is 10.4 Å². The van der Waals surface area contributed by atoms with Crippen molar-refractivity contribution in [2.75, 3.05) is 0 Å². The molecular weight excluding hydrogens is 297 g/mol. The molecule has 0 saturated heterocycles. The molecule has 1 nitrogen and oxygen atoms in total. The van der Waals surface area contributed by atoms with Gasteiger partial charge in [0.1, 0.15) is 0 Å². The Kier molecular flexibility index (Phi) is 4.23. The lowest BCUT2D eigenvalue weighted by Gasteiger charge is -2.11. The zero-order chi connectivity index (χ0) is 15.8. The van der Waals surface area contributed by atoms with Crippen molar-refractivity contribution in [2.45, 2.75) is 26.9 Å². The molecule has 1 heterocycles. The van der Waals surface area contributed by atoms with Gasteiger partial charge >= 0.3 is 6.18 Å². The van der Waals surface area contributed by atoms with Crippen molar-refractivity contribution in [2.24, 2.45) is 5.92 Å². The molecule has 1 aromatic heterocycles. The average molecular weight is 312 g/mol. The molecular formula is C16H15F3OS. The van der Waals surface area contributed by atoms with Crippen molar-refractivity contribution in [1.29, 1.82) is 0 Å². The molecule has 0 aliphatic rings. The molecule has 0 aliphatic carbocycles. The summed E-state index contributed by atoms with van der Waals surface area (Å²) >= 11 is 1.23. The van der Waals surface area contributed by atoms with Crippen LogP contribution in [-0.2, 0) is 6.18 Å². The lowest BCUT2D eigenvalue weighted by Crippen LogP contribution is -2.07. The van der Waals surface area contributed by atoms with Gasteiger partial charge in [0.2, 0.25) is 0 Å². The summed E-state index contributed by atoms with van der Waals surface area (Å²) in [4.78, 5) is 13.1. The van der Waals surface area contributed by atoms with Crippen LogP contribution in [0.15, 0.2) is 30.3 Å². The van der Waals surface area contributed by atoms with E-state index in [-0.39, 0.29) is 17.3 Å². The molecule has 0 atom stereocenters. The standard InChI is InChI=1S/C16H15F3OS/c1-9(2)15(20)14-7-6-13(21-14)11-5-4-10(3)12(8-11)16(17,18)19/h4-9H,1-3H3. The molecule has 0 fully saturated rings. The molecule has 2 aromatic rings. The average Bonchev–Trinajstić information content (AvgIpc) is 2.86. The summed E-state index contributed by atoms with van der Waals surface area (Å²) in [6.07, 6.45) is -4.37. The SMILES string of the molecule is Cc1ccc(-c2ccc(C(=O)C(C)C)s2)cc1C(F)(F)F. The number of alkyl halides is 3. The summed E-state index contributed by atoms with van der Waals surface area (Å²) in [6, 6.07) is 7.63. The van der Waals surface area contributed by atoms with Gasteiger partial charge in [0.15, 0.2) is 5.78 Å². The van der Waals surface area contributed by atoms with E-state index < -0.39 is 11.7 Å². The van der Waals surface area contributed by atoms with Crippen LogP contribution in [0.1, 0.15) is 34.6 Å². The van der Waals surface area contributed by atoms with Crippen molar-refractivity contribution >= 4 is 17.1 Å². The highest BCUT2D eigenvalue weighted by molar-refractivity contribution is 7.17. The number of rotatable bonds is 3. The second-order valence-electron chi connectivity index (χ2n) is 5.21. The molecule has 1 aromatic carbocycles. The van der Waals surface area contributed by atoms with Gasteiger partial charge in [-0.25, -0.2) is 0 Å². The van der Waals surface area contributed by atoms with E-state index >= 15 is 0 Å². The number of carbonyl (C=O) groups excluding carboxylic acids is 1. The fourth-order valence-electron chi connectivity index (χ4n) is 1.99. The second kappa shape index (κ2) is 5.64. The highest BCUT2D eigenvalue weighted by atomic mass is 32.1. The lowest BCUT2D eigenvalue weighted by molar-refractivity contribution is -0.138. The van der Waals surface area contributed by atoms with Gasteiger partial charge in [0, 0.05) is 10.8 Å². The predicted octanol–water partition coefficient (Wildman–Crippen LogP) is 5.58. The first-order chi connectivity index (χ1) is 9.70. The number of carbonyl (C=O) groups is 1. The van der Waals surface area contributed by atoms with E-state index in [1.165, 1.54) is 24.3 Å². The summed E-state index contributed by atoms with van der Waals surface area (Å²) in [5, 5.41) is 0. The van der Waals surface area contributed by atoms with Crippen molar-refractivity contribution in [3.05, 3.63) is 46.3 Å². The molecule has 0 spiro atoms. The highest BCUT2D eigenvalue weighted by Crippen LogP contribution is 2.36. The minimum atomic E-state index is -4.37. The predicted molar refractivity (Wildman–Crippen MR) is 78.7 cm³/mol. The van der Waals surface area contributed by atoms with Crippen LogP contribution in [0, 0.1) is 12.8 Å². The van der Waals surface area contributed by atoms with E-state index in [4.69, 9.17) is 0 Å². The molecule has 0 saturated carbocycles. The Morgan fingerprint density at radius 2 is 1.81 bits per heavy atom. The number of ketones is 1. The van der Waals surface area contributed by atoms with E-state index in [9.17, 15) is 18.0 Å². The molecule has 5 heteroatoms. The van der Waals surface area contributed by atoms with Crippen LogP contribution in [0.5, 0.6) is 0 Å². The third-order valence-corrected chi connectivity index (χ3v) is 4.35. The van der Waals surface area contributed by atoms with Gasteiger partial charge < -0.3 is 0 Å². The van der Waals surface area contributed by atoms with Crippen LogP contribution >= 0.6 is 11.3 Å². The Morgan fingerprint density at radius 1 is 1.14 bits per heavy atom. The fourth-order valence-corrected chi connectivity index (χ4v) is 3.08. The number of hydrogen-bond acceptors (Lipinski definition) is 2. The van der Waals surface area contributed by atoms with E-state index in [1.54, 1.807) is 32.0 Å². The number of Topliss-reactive ketones (excluding diaryl/α,β-unsaturated/α-hetero) is 1. The van der Waals surface area contributed by atoms with Crippen molar-refractivity contribution < 1.29 is 18.0 Å². The van der Waals surface area contributed by atoms with Gasteiger partial charge in [-0.1, -0.05) is 26.0 Å². The maximum atomic E-state index is 12.9. The summed E-state index contributed by atoms with van der Waals surface area (Å²) in [5.74, 6) is -0.116. The highest BCUT2D eigenvalue weighted by Gasteiger charge is 2.32. The Balaban J connectivity index is 2.42. The number of benzene rings is 1. The molecule has 0 unspecified atom stereocenters. The Morgan fingerprint density at radius 3 is 2.38 bits per heavy atom. The zero-order valence-corrected chi connectivity index (χ0v) is 12.7. The van der Waals surface area contributed by atoms with Gasteiger partial charge in [-0.05, 0) is 36.2 Å². The molecule has 21 heavy (non-hydrogen) atoms. The number of hydrogen-bond donors (Lipinski definition) is 0. The van der Waals surface area contributed by atoms with Gasteiger partial charge in [0.25, 0.3) is 0 Å². The molecule has 0 amide bonds. The van der Waals surface area contributed by atoms with Crippen LogP contribution < -0.4 is 0 Å². The van der Waals surface area contributed by atoms with E-state index in [0.29, 0.717) is 15.3 Å². The maximum Gasteiger partial charge on any atom is 0.416 e. The lowest BCUT2D eigenvalue weighted by atomic mass is 10.0. The molecule has 2 rings (SSSR count). The first-order valence-corrected chi connectivity index (χ1v) is 7.34. The minimum Gasteiger partial charge on any atom is -0.293 e. The fraction of sp³-hybridized carbons (Fsp3) is 0.312. The van der Waals surface area contributed by atoms with E-state index in [0.717, 1.165) is 6.07 Å². The Hall–Kier alpha value is -1.62. The molecule has 0 radical (unpaired) electrons. The molecule has 0 aliphatic heterocycles. The smallest absolute Gasteiger partial charge is 0.293 e. The maximum absolute atomic E-state index is 12.9. The molecule has 112 valence electrons. The molecule has 0 N–H and O–H groups in total. The van der Waals surface area contributed by atoms with Crippen molar-refractivity contribution in [3.63, 3.8) is 0 Å². The van der Waals surface area contributed by atoms with E-state index in [1.807, 2.05) is 0 Å². The van der Waals surface area contributed by atoms with Crippen molar-refractivity contribution in [3.8, 4) is 10.4 Å². The third kappa shape index (κ3) is 3.35. The molecule has 0 bridgehead atoms. The third-order valence-electron chi connectivity index (χ3n) is 3.20. The van der Waals surface area contributed by atoms with Gasteiger partial charge in [-0.3, -0.25) is 4.79 Å². The number of halogens is 3. The zero-order valence-electron chi connectivity index (χ0n) is 11.9. The largest absolute Gasteiger partial charge is 0.416 e. The van der Waals surface area contributed by atoms with Gasteiger partial charge in [0.05, 0.1) is 10.4 Å². The van der Waals surface area contributed by atoms with Gasteiger partial charge in [-0.2, -0.15) is 13.2 Å². The monoisotopic (exact) mass is 312 g/mol. The van der Waals surface area contributed by atoms with Crippen LogP contribution in [-0.4, -0.2) is 5.78 Å².